The smallest absolute Gasteiger partial charge is 0.430 e. The van der Waals surface area contributed by atoms with Crippen molar-refractivity contribution in [3.63, 3.8) is 0 Å². The molecule has 1 unspecified atom stereocenters. The Morgan fingerprint density at radius 1 is 0.844 bits per heavy atom. The van der Waals surface area contributed by atoms with Crippen molar-refractivity contribution in [2.45, 2.75) is 63.4 Å². The first kappa shape index (κ1) is 24.2. The molecule has 1 saturated carbocycles. The summed E-state index contributed by atoms with van der Waals surface area (Å²) in [6.07, 6.45) is -5.30. The Morgan fingerprint density at radius 3 is 1.81 bits per heavy atom. The van der Waals surface area contributed by atoms with Crippen molar-refractivity contribution >= 4 is 12.2 Å². The first-order chi connectivity index (χ1) is 15.1. The fourth-order valence-corrected chi connectivity index (χ4v) is 4.02. The summed E-state index contributed by atoms with van der Waals surface area (Å²) in [4.78, 5) is 0. The molecule has 0 aromatic heterocycles. The monoisotopic (exact) mass is 456 g/mol. The summed E-state index contributed by atoms with van der Waals surface area (Å²) in [5.41, 5.74) is 2.94. The topological polar surface area (TPSA) is 9.23 Å². The number of ether oxygens (including phenoxy) is 1. The van der Waals surface area contributed by atoms with E-state index in [1.165, 1.54) is 49.8 Å². The summed E-state index contributed by atoms with van der Waals surface area (Å²) >= 11 is 0. The minimum Gasteiger partial charge on any atom is -0.430 e. The summed E-state index contributed by atoms with van der Waals surface area (Å²) in [5.74, 6) is 0.892. The van der Waals surface area contributed by atoms with Gasteiger partial charge >= 0.3 is 12.3 Å². The highest BCUT2D eigenvalue weighted by molar-refractivity contribution is 5.69. The van der Waals surface area contributed by atoms with E-state index >= 15 is 0 Å². The first-order valence-corrected chi connectivity index (χ1v) is 10.7. The van der Waals surface area contributed by atoms with Gasteiger partial charge in [0.15, 0.2) is 0 Å². The van der Waals surface area contributed by atoms with Crippen LogP contribution in [0.5, 0.6) is 5.75 Å². The van der Waals surface area contributed by atoms with Gasteiger partial charge < -0.3 is 4.74 Å². The summed E-state index contributed by atoms with van der Waals surface area (Å²) < 4.78 is 80.1. The molecule has 32 heavy (non-hydrogen) atoms. The first-order valence-electron chi connectivity index (χ1n) is 10.7. The lowest BCUT2D eigenvalue weighted by molar-refractivity contribution is -0.304. The van der Waals surface area contributed by atoms with Gasteiger partial charge in [0.1, 0.15) is 5.75 Å². The normalized spacial score (nSPS) is 21.0. The summed E-state index contributed by atoms with van der Waals surface area (Å²) in [6.45, 7) is 2.25. The molecule has 174 valence electrons. The van der Waals surface area contributed by atoms with Crippen molar-refractivity contribution < 1.29 is 31.1 Å². The van der Waals surface area contributed by atoms with Crippen LogP contribution in [0.25, 0.3) is 12.2 Å². The lowest BCUT2D eigenvalue weighted by atomic mass is 9.78. The molecule has 0 radical (unpaired) electrons. The lowest BCUT2D eigenvalue weighted by Gasteiger charge is -2.28. The van der Waals surface area contributed by atoms with Crippen LogP contribution in [0, 0.1) is 5.92 Å². The SMILES string of the molecule is CCC1CCC(c2ccc(/C=C/c3ccc(OC(F)(F)C(F)C(F)(F)F)cc3)cc2)CC1. The molecular formula is C25H26F6O. The minimum absolute atomic E-state index is 0.554. The molecule has 0 amide bonds. The molecule has 1 fully saturated rings. The second kappa shape index (κ2) is 10.0. The van der Waals surface area contributed by atoms with Gasteiger partial charge in [-0.2, -0.15) is 22.0 Å². The minimum atomic E-state index is -5.71. The number of hydrogen-bond acceptors (Lipinski definition) is 1. The molecule has 0 spiro atoms. The third kappa shape index (κ3) is 6.30. The van der Waals surface area contributed by atoms with Crippen molar-refractivity contribution in [3.8, 4) is 5.75 Å². The van der Waals surface area contributed by atoms with Crippen LogP contribution in [0.3, 0.4) is 0 Å². The molecule has 0 heterocycles. The van der Waals surface area contributed by atoms with Crippen LogP contribution >= 0.6 is 0 Å². The molecule has 1 aliphatic rings. The van der Waals surface area contributed by atoms with Gasteiger partial charge in [0.2, 0.25) is 0 Å². The molecule has 0 N–H and O–H groups in total. The van der Waals surface area contributed by atoms with Crippen LogP contribution < -0.4 is 4.74 Å². The number of halogens is 6. The Kier molecular flexibility index (Phi) is 7.57. The van der Waals surface area contributed by atoms with Crippen molar-refractivity contribution in [2.75, 3.05) is 0 Å². The Bertz CT molecular complexity index is 878. The Balaban J connectivity index is 1.58. The number of alkyl halides is 6. The molecule has 0 saturated heterocycles. The number of hydrogen-bond donors (Lipinski definition) is 0. The molecule has 2 aromatic carbocycles. The Labute approximate surface area is 184 Å². The van der Waals surface area contributed by atoms with Crippen LogP contribution in [0.1, 0.15) is 61.6 Å². The zero-order valence-corrected chi connectivity index (χ0v) is 17.7. The van der Waals surface area contributed by atoms with Gasteiger partial charge in [0, 0.05) is 0 Å². The van der Waals surface area contributed by atoms with E-state index in [4.69, 9.17) is 0 Å². The predicted octanol–water partition coefficient (Wildman–Crippen LogP) is 8.41. The van der Waals surface area contributed by atoms with Crippen molar-refractivity contribution in [1.82, 2.24) is 0 Å². The molecular weight excluding hydrogens is 430 g/mol. The molecule has 2 aromatic rings. The van der Waals surface area contributed by atoms with Gasteiger partial charge in [0.25, 0.3) is 6.17 Å². The van der Waals surface area contributed by atoms with Crippen molar-refractivity contribution in [2.24, 2.45) is 5.92 Å². The molecule has 1 atom stereocenters. The maximum absolute atomic E-state index is 13.3. The van der Waals surface area contributed by atoms with Gasteiger partial charge in [0.05, 0.1) is 0 Å². The van der Waals surface area contributed by atoms with Crippen LogP contribution in [0.2, 0.25) is 0 Å². The average molecular weight is 456 g/mol. The zero-order valence-electron chi connectivity index (χ0n) is 17.7. The van der Waals surface area contributed by atoms with Crippen LogP contribution in [-0.4, -0.2) is 18.5 Å². The molecule has 1 aliphatic carbocycles. The van der Waals surface area contributed by atoms with E-state index < -0.39 is 24.2 Å². The second-order valence-electron chi connectivity index (χ2n) is 8.26. The van der Waals surface area contributed by atoms with Gasteiger partial charge in [-0.3, -0.25) is 0 Å². The highest BCUT2D eigenvalue weighted by Gasteiger charge is 2.59. The van der Waals surface area contributed by atoms with Crippen molar-refractivity contribution in [1.29, 1.82) is 0 Å². The molecule has 7 heteroatoms. The van der Waals surface area contributed by atoms with Gasteiger partial charge in [-0.1, -0.05) is 61.9 Å². The maximum atomic E-state index is 13.3. The zero-order chi connectivity index (χ0) is 23.4. The van der Waals surface area contributed by atoms with E-state index in [1.54, 1.807) is 6.08 Å². The second-order valence-corrected chi connectivity index (χ2v) is 8.26. The predicted molar refractivity (Wildman–Crippen MR) is 113 cm³/mol. The lowest BCUT2D eigenvalue weighted by Crippen LogP contribution is -2.45. The Morgan fingerprint density at radius 2 is 1.34 bits per heavy atom. The summed E-state index contributed by atoms with van der Waals surface area (Å²) in [5, 5.41) is 0. The highest BCUT2D eigenvalue weighted by Crippen LogP contribution is 2.38. The van der Waals surface area contributed by atoms with Crippen LogP contribution in [0.15, 0.2) is 48.5 Å². The molecule has 0 aliphatic heterocycles. The van der Waals surface area contributed by atoms with E-state index in [-0.39, 0.29) is 0 Å². The highest BCUT2D eigenvalue weighted by atomic mass is 19.4. The van der Waals surface area contributed by atoms with Gasteiger partial charge in [-0.25, -0.2) is 4.39 Å². The van der Waals surface area contributed by atoms with E-state index in [0.717, 1.165) is 23.6 Å². The average Bonchev–Trinajstić information content (AvgIpc) is 2.78. The number of rotatable bonds is 7. The third-order valence-electron chi connectivity index (χ3n) is 6.02. The summed E-state index contributed by atoms with van der Waals surface area (Å²) in [7, 11) is 0. The quantitative estimate of drug-likeness (QED) is 0.300. The van der Waals surface area contributed by atoms with E-state index in [0.29, 0.717) is 11.5 Å². The fourth-order valence-electron chi connectivity index (χ4n) is 4.02. The van der Waals surface area contributed by atoms with Crippen molar-refractivity contribution in [3.05, 3.63) is 65.2 Å². The number of benzene rings is 2. The van der Waals surface area contributed by atoms with E-state index in [9.17, 15) is 26.3 Å². The molecule has 3 rings (SSSR count). The van der Waals surface area contributed by atoms with Crippen LogP contribution in [-0.2, 0) is 0 Å². The van der Waals surface area contributed by atoms with Gasteiger partial charge in [-0.05, 0) is 66.3 Å². The maximum Gasteiger partial charge on any atom is 0.439 e. The van der Waals surface area contributed by atoms with Crippen LogP contribution in [0.4, 0.5) is 26.3 Å². The molecule has 0 bridgehead atoms. The van der Waals surface area contributed by atoms with Gasteiger partial charge in [-0.15, -0.1) is 0 Å². The fraction of sp³-hybridized carbons (Fsp3) is 0.440. The third-order valence-corrected chi connectivity index (χ3v) is 6.02. The Hall–Kier alpha value is -2.44. The summed E-state index contributed by atoms with van der Waals surface area (Å²) in [6, 6.07) is 13.3. The largest absolute Gasteiger partial charge is 0.439 e. The standard InChI is InChI=1S/C25H26F6O/c1-2-17-5-11-20(12-6-17)21-13-7-18(8-14-21)3-4-19-9-15-22(16-10-19)32-25(30,31)23(26)24(27,28)29/h3-4,7-10,13-17,20,23H,2,5-6,11-12H2,1H3/b4-3+. The van der Waals surface area contributed by atoms with E-state index in [1.807, 2.05) is 18.2 Å². The van der Waals surface area contributed by atoms with E-state index in [2.05, 4.69) is 23.8 Å². The molecule has 1 nitrogen and oxygen atoms in total.